The number of benzene rings is 2. The van der Waals surface area contributed by atoms with E-state index in [0.29, 0.717) is 13.0 Å². The number of carbonyl (C=O) groups excluding carboxylic acids is 1. The highest BCUT2D eigenvalue weighted by atomic mass is 16.5. The zero-order valence-corrected chi connectivity index (χ0v) is 17.2. The average Bonchev–Trinajstić information content (AvgIpc) is 2.75. The summed E-state index contributed by atoms with van der Waals surface area (Å²) in [5.41, 5.74) is 3.19. The summed E-state index contributed by atoms with van der Waals surface area (Å²) < 4.78 is 10.8. The largest absolute Gasteiger partial charge is 0.494 e. The maximum atomic E-state index is 12.2. The second kappa shape index (κ2) is 11.6. The predicted molar refractivity (Wildman–Crippen MR) is 115 cm³/mol. The number of ether oxygens (including phenoxy) is 2. The van der Waals surface area contributed by atoms with E-state index in [-0.39, 0.29) is 5.91 Å². The molecule has 3 rings (SSSR count). The smallest absolute Gasteiger partial charge is 0.225 e. The van der Waals surface area contributed by atoms with E-state index in [9.17, 15) is 4.79 Å². The lowest BCUT2D eigenvalue weighted by molar-refractivity contribution is -0.116. The number of rotatable bonds is 10. The zero-order chi connectivity index (χ0) is 20.3. The quantitative estimate of drug-likeness (QED) is 0.645. The Labute approximate surface area is 173 Å². The van der Waals surface area contributed by atoms with Crippen LogP contribution < -0.4 is 15.4 Å². The molecule has 0 aliphatic carbocycles. The van der Waals surface area contributed by atoms with Crippen LogP contribution in [0, 0.1) is 0 Å². The fourth-order valence-electron chi connectivity index (χ4n) is 3.29. The molecule has 1 fully saturated rings. The van der Waals surface area contributed by atoms with E-state index in [1.54, 1.807) is 0 Å². The first-order valence-electron chi connectivity index (χ1n) is 10.3. The highest BCUT2D eigenvalue weighted by Gasteiger charge is 2.12. The van der Waals surface area contributed by atoms with E-state index in [1.807, 2.05) is 37.3 Å². The molecule has 1 aliphatic rings. The molecule has 0 radical (unpaired) electrons. The van der Waals surface area contributed by atoms with Crippen LogP contribution >= 0.6 is 0 Å². The summed E-state index contributed by atoms with van der Waals surface area (Å²) in [4.78, 5) is 14.5. The van der Waals surface area contributed by atoms with E-state index >= 15 is 0 Å². The molecule has 1 heterocycles. The van der Waals surface area contributed by atoms with Gasteiger partial charge in [-0.25, -0.2) is 0 Å². The minimum absolute atomic E-state index is 0.0518. The summed E-state index contributed by atoms with van der Waals surface area (Å²) in [6.45, 7) is 8.28. The van der Waals surface area contributed by atoms with Crippen LogP contribution in [0.15, 0.2) is 48.5 Å². The van der Waals surface area contributed by atoms with Crippen molar-refractivity contribution in [1.29, 1.82) is 0 Å². The van der Waals surface area contributed by atoms with Gasteiger partial charge in [-0.15, -0.1) is 0 Å². The normalized spacial score (nSPS) is 14.5. The van der Waals surface area contributed by atoms with Gasteiger partial charge in [0, 0.05) is 44.8 Å². The van der Waals surface area contributed by atoms with Gasteiger partial charge < -0.3 is 20.1 Å². The Balaban J connectivity index is 1.40. The summed E-state index contributed by atoms with van der Waals surface area (Å²) >= 11 is 0. The predicted octanol–water partition coefficient (Wildman–Crippen LogP) is 3.04. The fourth-order valence-corrected chi connectivity index (χ4v) is 3.29. The molecule has 2 aromatic carbocycles. The topological polar surface area (TPSA) is 62.8 Å². The first kappa shape index (κ1) is 21.3. The number of nitrogens with one attached hydrogen (secondary N) is 2. The van der Waals surface area contributed by atoms with Crippen LogP contribution in [0.2, 0.25) is 0 Å². The molecule has 1 aliphatic heterocycles. The average molecular weight is 398 g/mol. The number of carbonyl (C=O) groups is 1. The van der Waals surface area contributed by atoms with E-state index < -0.39 is 0 Å². The molecule has 1 amide bonds. The molecule has 0 aromatic heterocycles. The first-order valence-corrected chi connectivity index (χ1v) is 10.3. The summed E-state index contributed by atoms with van der Waals surface area (Å²) in [6.07, 6.45) is 0.500. The van der Waals surface area contributed by atoms with Crippen molar-refractivity contribution in [1.82, 2.24) is 10.2 Å². The second-order valence-electron chi connectivity index (χ2n) is 7.13. The maximum Gasteiger partial charge on any atom is 0.225 e. The number of hydrogen-bond acceptors (Lipinski definition) is 5. The molecule has 1 saturated heterocycles. The lowest BCUT2D eigenvalue weighted by atomic mass is 10.1. The highest BCUT2D eigenvalue weighted by Crippen LogP contribution is 2.13. The van der Waals surface area contributed by atoms with Crippen molar-refractivity contribution in [2.45, 2.75) is 26.4 Å². The van der Waals surface area contributed by atoms with Crippen molar-refractivity contribution in [2.24, 2.45) is 0 Å². The molecule has 2 aromatic rings. The summed E-state index contributed by atoms with van der Waals surface area (Å²) in [5, 5.41) is 6.46. The Kier molecular flexibility index (Phi) is 8.49. The number of hydrogen-bond donors (Lipinski definition) is 2. The lowest BCUT2D eigenvalue weighted by Crippen LogP contribution is -2.38. The molecule has 2 N–H and O–H groups in total. The molecule has 6 heteroatoms. The molecule has 0 bridgehead atoms. The maximum absolute atomic E-state index is 12.2. The third-order valence-corrected chi connectivity index (χ3v) is 4.86. The Hall–Kier alpha value is -2.41. The van der Waals surface area contributed by atoms with Gasteiger partial charge in [-0.2, -0.15) is 0 Å². The molecule has 0 spiro atoms. The number of morpholine rings is 1. The summed E-state index contributed by atoms with van der Waals surface area (Å²) in [6, 6.07) is 16.1. The van der Waals surface area contributed by atoms with Crippen LogP contribution in [0.5, 0.6) is 5.75 Å². The van der Waals surface area contributed by atoms with Crippen molar-refractivity contribution >= 4 is 11.6 Å². The van der Waals surface area contributed by atoms with Gasteiger partial charge in [-0.05, 0) is 42.3 Å². The molecular formula is C23H31N3O3. The van der Waals surface area contributed by atoms with Crippen LogP contribution in [-0.4, -0.2) is 50.3 Å². The summed E-state index contributed by atoms with van der Waals surface area (Å²) in [5.74, 6) is 0.948. The third kappa shape index (κ3) is 7.49. The van der Waals surface area contributed by atoms with Gasteiger partial charge in [0.15, 0.2) is 0 Å². The van der Waals surface area contributed by atoms with E-state index in [1.165, 1.54) is 5.56 Å². The monoisotopic (exact) mass is 397 g/mol. The number of amides is 1. The minimum Gasteiger partial charge on any atom is -0.494 e. The number of anilines is 1. The lowest BCUT2D eigenvalue weighted by Gasteiger charge is -2.26. The molecule has 6 nitrogen and oxygen atoms in total. The van der Waals surface area contributed by atoms with Crippen molar-refractivity contribution in [3.63, 3.8) is 0 Å². The van der Waals surface area contributed by atoms with Gasteiger partial charge in [0.05, 0.1) is 19.8 Å². The molecule has 156 valence electrons. The van der Waals surface area contributed by atoms with Crippen LogP contribution in [0.1, 0.15) is 24.5 Å². The van der Waals surface area contributed by atoms with Crippen LogP contribution in [0.3, 0.4) is 0 Å². The van der Waals surface area contributed by atoms with Crippen molar-refractivity contribution in [3.8, 4) is 5.75 Å². The second-order valence-corrected chi connectivity index (χ2v) is 7.13. The van der Waals surface area contributed by atoms with Crippen molar-refractivity contribution < 1.29 is 14.3 Å². The van der Waals surface area contributed by atoms with Gasteiger partial charge >= 0.3 is 0 Å². The first-order chi connectivity index (χ1) is 14.2. The Morgan fingerprint density at radius 2 is 1.83 bits per heavy atom. The standard InChI is InChI=1S/C23H31N3O3/c1-2-29-22-8-6-19(7-9-22)17-24-18-20-4-3-5-21(16-20)25-23(27)10-11-26-12-14-28-15-13-26/h3-9,16,24H,2,10-15,17-18H2,1H3,(H,25,27). The minimum atomic E-state index is 0.0518. The Bertz CT molecular complexity index is 758. The van der Waals surface area contributed by atoms with E-state index in [4.69, 9.17) is 9.47 Å². The van der Waals surface area contributed by atoms with Gasteiger partial charge in [0.2, 0.25) is 5.91 Å². The van der Waals surface area contributed by atoms with Crippen LogP contribution in [0.25, 0.3) is 0 Å². The fraction of sp³-hybridized carbons (Fsp3) is 0.435. The Morgan fingerprint density at radius 1 is 1.07 bits per heavy atom. The molecule has 29 heavy (non-hydrogen) atoms. The molecule has 0 atom stereocenters. The van der Waals surface area contributed by atoms with Crippen molar-refractivity contribution in [3.05, 3.63) is 59.7 Å². The molecule has 0 saturated carbocycles. The Morgan fingerprint density at radius 3 is 2.59 bits per heavy atom. The number of nitrogens with zero attached hydrogens (tertiary/aromatic N) is 1. The van der Waals surface area contributed by atoms with E-state index in [0.717, 1.165) is 62.9 Å². The van der Waals surface area contributed by atoms with Crippen molar-refractivity contribution in [2.75, 3.05) is 44.8 Å². The summed E-state index contributed by atoms with van der Waals surface area (Å²) in [7, 11) is 0. The van der Waals surface area contributed by atoms with E-state index in [2.05, 4.69) is 33.7 Å². The van der Waals surface area contributed by atoms with Gasteiger partial charge in [-0.3, -0.25) is 9.69 Å². The third-order valence-electron chi connectivity index (χ3n) is 4.86. The van der Waals surface area contributed by atoms with Gasteiger partial charge in [0.25, 0.3) is 0 Å². The van der Waals surface area contributed by atoms with Gasteiger partial charge in [-0.1, -0.05) is 24.3 Å². The molecular weight excluding hydrogens is 366 g/mol. The van der Waals surface area contributed by atoms with Crippen LogP contribution in [0.4, 0.5) is 5.69 Å². The van der Waals surface area contributed by atoms with Gasteiger partial charge in [0.1, 0.15) is 5.75 Å². The molecule has 0 unspecified atom stereocenters. The SMILES string of the molecule is CCOc1ccc(CNCc2cccc(NC(=O)CCN3CCOCC3)c2)cc1. The van der Waals surface area contributed by atoms with Crippen LogP contribution in [-0.2, 0) is 22.6 Å². The highest BCUT2D eigenvalue weighted by molar-refractivity contribution is 5.90. The zero-order valence-electron chi connectivity index (χ0n) is 17.2.